The molecule has 1 aromatic heterocycles. The molecule has 2 fully saturated rings. The van der Waals surface area contributed by atoms with Gasteiger partial charge in [-0.2, -0.15) is 0 Å². The van der Waals surface area contributed by atoms with Crippen LogP contribution in [0.15, 0.2) is 35.7 Å². The average molecular weight is 354 g/mol. The van der Waals surface area contributed by atoms with Gasteiger partial charge < -0.3 is 10.2 Å². The van der Waals surface area contributed by atoms with E-state index in [1.807, 2.05) is 47.5 Å². The van der Waals surface area contributed by atoms with Gasteiger partial charge in [-0.3, -0.25) is 9.59 Å². The number of nitrogens with zero attached hydrogens (tertiary/aromatic N) is 1. The molecule has 1 aromatic carbocycles. The summed E-state index contributed by atoms with van der Waals surface area (Å²) in [6.07, 6.45) is 4.42. The molecule has 1 aliphatic carbocycles. The van der Waals surface area contributed by atoms with Crippen LogP contribution in [0.1, 0.15) is 42.5 Å². The zero-order chi connectivity index (χ0) is 17.4. The fourth-order valence-electron chi connectivity index (χ4n) is 3.55. The van der Waals surface area contributed by atoms with Gasteiger partial charge in [0.1, 0.15) is 0 Å². The van der Waals surface area contributed by atoms with Crippen molar-refractivity contribution < 1.29 is 9.59 Å². The average Bonchev–Trinajstić information content (AvgIpc) is 3.24. The molecule has 0 radical (unpaired) electrons. The smallest absolute Gasteiger partial charge is 0.235 e. The third-order valence-electron chi connectivity index (χ3n) is 5.26. The molecule has 1 N–H and O–H groups in total. The van der Waals surface area contributed by atoms with E-state index in [0.29, 0.717) is 6.42 Å². The van der Waals surface area contributed by atoms with Crippen molar-refractivity contribution in [2.24, 2.45) is 0 Å². The first-order chi connectivity index (χ1) is 12.1. The summed E-state index contributed by atoms with van der Waals surface area (Å²) in [5, 5.41) is 5.11. The lowest BCUT2D eigenvalue weighted by atomic mass is 10.0. The summed E-state index contributed by atoms with van der Waals surface area (Å²) in [5.74, 6) is 0.241. The molecule has 0 bridgehead atoms. The second kappa shape index (κ2) is 6.30. The molecule has 5 heteroatoms. The molecule has 2 amide bonds. The van der Waals surface area contributed by atoms with Gasteiger partial charge in [0.15, 0.2) is 0 Å². The minimum absolute atomic E-state index is 0.0646. The summed E-state index contributed by atoms with van der Waals surface area (Å²) in [5.41, 5.74) is 2.41. The van der Waals surface area contributed by atoms with E-state index in [4.69, 9.17) is 0 Å². The minimum atomic E-state index is -0.347. The highest BCUT2D eigenvalue weighted by Gasteiger charge is 2.52. The third kappa shape index (κ3) is 2.97. The number of aryl methyl sites for hydroxylation is 1. The first kappa shape index (κ1) is 16.3. The number of piperidine rings is 1. The maximum absolute atomic E-state index is 12.8. The molecule has 2 heterocycles. The van der Waals surface area contributed by atoms with E-state index in [-0.39, 0.29) is 17.2 Å². The summed E-state index contributed by atoms with van der Waals surface area (Å²) in [4.78, 5) is 28.1. The largest absolute Gasteiger partial charge is 0.325 e. The van der Waals surface area contributed by atoms with E-state index in [0.717, 1.165) is 54.0 Å². The van der Waals surface area contributed by atoms with Gasteiger partial charge in [0.05, 0.1) is 5.41 Å². The number of hydrogen-bond acceptors (Lipinski definition) is 3. The van der Waals surface area contributed by atoms with Crippen LogP contribution < -0.4 is 10.2 Å². The number of thiophene rings is 1. The summed E-state index contributed by atoms with van der Waals surface area (Å²) >= 11 is 1.65. The molecule has 130 valence electrons. The number of carbonyl (C=O) groups excluding carboxylic acids is 2. The van der Waals surface area contributed by atoms with Crippen LogP contribution in [0, 0.1) is 6.92 Å². The fraction of sp³-hybridized carbons (Fsp3) is 0.400. The van der Waals surface area contributed by atoms with Crippen molar-refractivity contribution in [2.45, 2.75) is 44.4 Å². The normalized spacial score (nSPS) is 18.9. The van der Waals surface area contributed by atoms with E-state index in [2.05, 4.69) is 5.32 Å². The number of carbonyl (C=O) groups is 2. The highest BCUT2D eigenvalue weighted by molar-refractivity contribution is 7.10. The molecule has 1 saturated heterocycles. The van der Waals surface area contributed by atoms with Gasteiger partial charge >= 0.3 is 0 Å². The van der Waals surface area contributed by atoms with Gasteiger partial charge in [0, 0.05) is 29.2 Å². The Labute approximate surface area is 151 Å². The standard InChI is InChI=1S/C20H22N2O2S/c1-14-7-8-15(13-16(14)22-11-3-2-6-18(22)23)21-19(24)20(9-10-20)17-5-4-12-25-17/h4-5,7-8,12-13H,2-3,6,9-11H2,1H3,(H,21,24). The molecular weight excluding hydrogens is 332 g/mol. The Morgan fingerprint density at radius 2 is 2.08 bits per heavy atom. The second-order valence-corrected chi connectivity index (χ2v) is 7.96. The molecule has 4 nitrogen and oxygen atoms in total. The maximum Gasteiger partial charge on any atom is 0.235 e. The molecule has 0 spiro atoms. The van der Waals surface area contributed by atoms with Crippen LogP contribution in [0.3, 0.4) is 0 Å². The zero-order valence-corrected chi connectivity index (χ0v) is 15.2. The van der Waals surface area contributed by atoms with Crippen molar-refractivity contribution in [3.8, 4) is 0 Å². The Balaban J connectivity index is 1.56. The Morgan fingerprint density at radius 1 is 1.24 bits per heavy atom. The summed E-state index contributed by atoms with van der Waals surface area (Å²) in [6.45, 7) is 2.77. The molecule has 4 rings (SSSR count). The van der Waals surface area contributed by atoms with Gasteiger partial charge in [-0.15, -0.1) is 11.3 Å². The number of nitrogens with one attached hydrogen (secondary N) is 1. The number of anilines is 2. The molecule has 2 aromatic rings. The summed E-state index contributed by atoms with van der Waals surface area (Å²) in [6, 6.07) is 9.90. The van der Waals surface area contributed by atoms with Crippen molar-refractivity contribution >= 4 is 34.5 Å². The number of benzene rings is 1. The van der Waals surface area contributed by atoms with E-state index in [9.17, 15) is 9.59 Å². The summed E-state index contributed by atoms with van der Waals surface area (Å²) < 4.78 is 0. The monoisotopic (exact) mass is 354 g/mol. The predicted octanol–water partition coefficient (Wildman–Crippen LogP) is 4.24. The van der Waals surface area contributed by atoms with Gasteiger partial charge in [0.25, 0.3) is 0 Å². The lowest BCUT2D eigenvalue weighted by Gasteiger charge is -2.28. The SMILES string of the molecule is Cc1ccc(NC(=O)C2(c3cccs3)CC2)cc1N1CCCCC1=O. The second-order valence-electron chi connectivity index (χ2n) is 7.02. The summed E-state index contributed by atoms with van der Waals surface area (Å²) in [7, 11) is 0. The van der Waals surface area contributed by atoms with E-state index in [1.165, 1.54) is 0 Å². The minimum Gasteiger partial charge on any atom is -0.325 e. The molecular formula is C20H22N2O2S. The fourth-order valence-corrected chi connectivity index (χ4v) is 4.53. The Bertz CT molecular complexity index is 809. The number of rotatable bonds is 4. The van der Waals surface area contributed by atoms with Gasteiger partial charge in [-0.1, -0.05) is 12.1 Å². The van der Waals surface area contributed by atoms with Crippen LogP contribution in [-0.2, 0) is 15.0 Å². The Morgan fingerprint density at radius 3 is 2.76 bits per heavy atom. The van der Waals surface area contributed by atoms with Gasteiger partial charge in [-0.25, -0.2) is 0 Å². The lowest BCUT2D eigenvalue weighted by Crippen LogP contribution is -2.35. The Hall–Kier alpha value is -2.14. The molecule has 1 saturated carbocycles. The van der Waals surface area contributed by atoms with Crippen LogP contribution >= 0.6 is 11.3 Å². The Kier molecular flexibility index (Phi) is 4.12. The van der Waals surface area contributed by atoms with Crippen LogP contribution in [0.25, 0.3) is 0 Å². The maximum atomic E-state index is 12.8. The molecule has 0 unspecified atom stereocenters. The van der Waals surface area contributed by atoms with Crippen LogP contribution in [-0.4, -0.2) is 18.4 Å². The van der Waals surface area contributed by atoms with E-state index >= 15 is 0 Å². The van der Waals surface area contributed by atoms with E-state index < -0.39 is 0 Å². The highest BCUT2D eigenvalue weighted by atomic mass is 32.1. The molecule has 25 heavy (non-hydrogen) atoms. The van der Waals surface area contributed by atoms with Crippen LogP contribution in [0.5, 0.6) is 0 Å². The highest BCUT2D eigenvalue weighted by Crippen LogP contribution is 2.50. The third-order valence-corrected chi connectivity index (χ3v) is 6.33. The molecule has 1 aliphatic heterocycles. The van der Waals surface area contributed by atoms with Crippen molar-refractivity contribution in [1.82, 2.24) is 0 Å². The van der Waals surface area contributed by atoms with Crippen molar-refractivity contribution in [3.05, 3.63) is 46.2 Å². The zero-order valence-electron chi connectivity index (χ0n) is 14.4. The van der Waals surface area contributed by atoms with Gasteiger partial charge in [0.2, 0.25) is 11.8 Å². The molecule has 2 aliphatic rings. The van der Waals surface area contributed by atoms with Gasteiger partial charge in [-0.05, 0) is 61.7 Å². The van der Waals surface area contributed by atoms with Crippen LogP contribution in [0.4, 0.5) is 11.4 Å². The topological polar surface area (TPSA) is 49.4 Å². The number of hydrogen-bond donors (Lipinski definition) is 1. The first-order valence-electron chi connectivity index (χ1n) is 8.87. The quantitative estimate of drug-likeness (QED) is 0.892. The predicted molar refractivity (Wildman–Crippen MR) is 101 cm³/mol. The van der Waals surface area contributed by atoms with Crippen molar-refractivity contribution in [1.29, 1.82) is 0 Å². The van der Waals surface area contributed by atoms with Crippen LogP contribution in [0.2, 0.25) is 0 Å². The lowest BCUT2D eigenvalue weighted by molar-refractivity contribution is -0.119. The molecule has 0 atom stereocenters. The number of amides is 2. The first-order valence-corrected chi connectivity index (χ1v) is 9.75. The van der Waals surface area contributed by atoms with Crippen molar-refractivity contribution in [2.75, 3.05) is 16.8 Å². The van der Waals surface area contributed by atoms with Crippen molar-refractivity contribution in [3.63, 3.8) is 0 Å². The van der Waals surface area contributed by atoms with E-state index in [1.54, 1.807) is 11.3 Å².